The molecular formula is C26H22ClFN2O2. The Balaban J connectivity index is 1.86. The molecule has 3 aromatic carbocycles. The fraction of sp³-hybridized carbons (Fsp3) is 0.154. The monoisotopic (exact) mass is 448 g/mol. The fourth-order valence-electron chi connectivity index (χ4n) is 3.20. The van der Waals surface area contributed by atoms with Gasteiger partial charge in [0, 0.05) is 17.1 Å². The van der Waals surface area contributed by atoms with Crippen molar-refractivity contribution in [3.8, 4) is 11.8 Å². The lowest BCUT2D eigenvalue weighted by Gasteiger charge is -2.12. The second kappa shape index (κ2) is 10.6. The van der Waals surface area contributed by atoms with Crippen molar-refractivity contribution in [1.82, 2.24) is 0 Å². The van der Waals surface area contributed by atoms with Crippen LogP contribution >= 0.6 is 11.6 Å². The number of amides is 1. The van der Waals surface area contributed by atoms with E-state index < -0.39 is 5.91 Å². The fourth-order valence-corrected chi connectivity index (χ4v) is 3.37. The molecule has 162 valence electrons. The number of halogens is 2. The lowest BCUT2D eigenvalue weighted by atomic mass is 10.0. The van der Waals surface area contributed by atoms with Gasteiger partial charge in [0.25, 0.3) is 5.91 Å². The molecule has 0 unspecified atom stereocenters. The van der Waals surface area contributed by atoms with Gasteiger partial charge in [0.1, 0.15) is 23.2 Å². The van der Waals surface area contributed by atoms with Crippen LogP contribution in [0.25, 0.3) is 6.08 Å². The minimum Gasteiger partial charge on any atom is -0.494 e. The largest absolute Gasteiger partial charge is 0.494 e. The van der Waals surface area contributed by atoms with E-state index >= 15 is 0 Å². The number of hydrogen-bond acceptors (Lipinski definition) is 3. The molecule has 0 bridgehead atoms. The minimum absolute atomic E-state index is 0.0512. The Morgan fingerprint density at radius 3 is 2.72 bits per heavy atom. The molecule has 4 nitrogen and oxygen atoms in total. The van der Waals surface area contributed by atoms with Crippen molar-refractivity contribution in [2.24, 2.45) is 0 Å². The van der Waals surface area contributed by atoms with Crippen LogP contribution in [0.5, 0.6) is 5.75 Å². The number of nitrogens with zero attached hydrogens (tertiary/aromatic N) is 1. The Morgan fingerprint density at radius 2 is 2.00 bits per heavy atom. The molecule has 0 spiro atoms. The summed E-state index contributed by atoms with van der Waals surface area (Å²) in [6.45, 7) is 4.16. The highest BCUT2D eigenvalue weighted by Crippen LogP contribution is 2.26. The van der Waals surface area contributed by atoms with Gasteiger partial charge in [0.15, 0.2) is 0 Å². The number of carbonyl (C=O) groups excluding carboxylic acids is 1. The van der Waals surface area contributed by atoms with Crippen molar-refractivity contribution in [2.45, 2.75) is 20.3 Å². The van der Waals surface area contributed by atoms with Crippen LogP contribution in [0.3, 0.4) is 0 Å². The van der Waals surface area contributed by atoms with Crippen LogP contribution in [0.15, 0.2) is 66.2 Å². The SMILES string of the molecule is CCOc1cc(/C=C(\C#N)C(=O)Nc2cc(Cl)ccc2C)ccc1Cc1cccc(F)c1. The van der Waals surface area contributed by atoms with Crippen molar-refractivity contribution < 1.29 is 13.9 Å². The maximum atomic E-state index is 13.5. The first-order valence-corrected chi connectivity index (χ1v) is 10.5. The first-order chi connectivity index (χ1) is 15.4. The summed E-state index contributed by atoms with van der Waals surface area (Å²) in [5.41, 5.74) is 3.68. The van der Waals surface area contributed by atoms with Crippen molar-refractivity contribution in [3.63, 3.8) is 0 Å². The number of carbonyl (C=O) groups is 1. The number of nitriles is 1. The third-order valence-corrected chi connectivity index (χ3v) is 5.03. The van der Waals surface area contributed by atoms with Gasteiger partial charge in [0.05, 0.1) is 6.61 Å². The van der Waals surface area contributed by atoms with Crippen LogP contribution in [-0.2, 0) is 11.2 Å². The van der Waals surface area contributed by atoms with E-state index in [1.165, 1.54) is 18.2 Å². The highest BCUT2D eigenvalue weighted by molar-refractivity contribution is 6.31. The van der Waals surface area contributed by atoms with E-state index in [9.17, 15) is 14.4 Å². The smallest absolute Gasteiger partial charge is 0.266 e. The van der Waals surface area contributed by atoms with Gasteiger partial charge in [-0.3, -0.25) is 4.79 Å². The lowest BCUT2D eigenvalue weighted by Crippen LogP contribution is -2.14. The summed E-state index contributed by atoms with van der Waals surface area (Å²) in [5.74, 6) is -0.201. The Kier molecular flexibility index (Phi) is 7.64. The van der Waals surface area contributed by atoms with Crippen LogP contribution in [0.2, 0.25) is 5.02 Å². The van der Waals surface area contributed by atoms with Gasteiger partial charge in [-0.15, -0.1) is 0 Å². The van der Waals surface area contributed by atoms with Crippen molar-refractivity contribution in [2.75, 3.05) is 11.9 Å². The third-order valence-electron chi connectivity index (χ3n) is 4.80. The van der Waals surface area contributed by atoms with Gasteiger partial charge in [-0.25, -0.2) is 4.39 Å². The number of ether oxygens (including phenoxy) is 1. The number of nitrogens with one attached hydrogen (secondary N) is 1. The highest BCUT2D eigenvalue weighted by Gasteiger charge is 2.13. The van der Waals surface area contributed by atoms with Crippen LogP contribution in [-0.4, -0.2) is 12.5 Å². The predicted octanol–water partition coefficient (Wildman–Crippen LogP) is 6.32. The quantitative estimate of drug-likeness (QED) is 0.339. The van der Waals surface area contributed by atoms with Gasteiger partial charge in [-0.1, -0.05) is 41.9 Å². The molecule has 0 aliphatic heterocycles. The maximum Gasteiger partial charge on any atom is 0.266 e. The number of hydrogen-bond donors (Lipinski definition) is 1. The summed E-state index contributed by atoms with van der Waals surface area (Å²) in [5, 5.41) is 12.8. The average Bonchev–Trinajstić information content (AvgIpc) is 2.76. The van der Waals surface area contributed by atoms with Gasteiger partial charge >= 0.3 is 0 Å². The third kappa shape index (κ3) is 5.96. The van der Waals surface area contributed by atoms with Crippen LogP contribution in [0.1, 0.15) is 29.2 Å². The molecule has 32 heavy (non-hydrogen) atoms. The summed E-state index contributed by atoms with van der Waals surface area (Å²) < 4.78 is 19.3. The second-order valence-electron chi connectivity index (χ2n) is 7.19. The van der Waals surface area contributed by atoms with Gasteiger partial charge < -0.3 is 10.1 Å². The topological polar surface area (TPSA) is 62.1 Å². The molecule has 0 atom stereocenters. The normalized spacial score (nSPS) is 11.0. The zero-order valence-corrected chi connectivity index (χ0v) is 18.5. The molecule has 0 heterocycles. The molecule has 0 radical (unpaired) electrons. The van der Waals surface area contributed by atoms with Crippen molar-refractivity contribution in [1.29, 1.82) is 5.26 Å². The van der Waals surface area contributed by atoms with E-state index in [1.54, 1.807) is 36.4 Å². The van der Waals surface area contributed by atoms with Crippen LogP contribution in [0.4, 0.5) is 10.1 Å². The summed E-state index contributed by atoms with van der Waals surface area (Å²) in [6, 6.07) is 18.9. The molecule has 0 saturated carbocycles. The van der Waals surface area contributed by atoms with E-state index in [0.29, 0.717) is 35.1 Å². The Hall–Kier alpha value is -3.62. The van der Waals surface area contributed by atoms with E-state index in [4.69, 9.17) is 16.3 Å². The van der Waals surface area contributed by atoms with Crippen molar-refractivity contribution >= 4 is 29.3 Å². The highest BCUT2D eigenvalue weighted by atomic mass is 35.5. The molecule has 1 amide bonds. The summed E-state index contributed by atoms with van der Waals surface area (Å²) >= 11 is 6.01. The number of aryl methyl sites for hydroxylation is 1. The Labute approximate surface area is 191 Å². The maximum absolute atomic E-state index is 13.5. The van der Waals surface area contributed by atoms with Gasteiger partial charge in [-0.2, -0.15) is 5.26 Å². The number of rotatable bonds is 7. The lowest BCUT2D eigenvalue weighted by molar-refractivity contribution is -0.112. The number of anilines is 1. The molecule has 3 aromatic rings. The zero-order chi connectivity index (χ0) is 23.1. The number of benzene rings is 3. The Morgan fingerprint density at radius 1 is 1.19 bits per heavy atom. The summed E-state index contributed by atoms with van der Waals surface area (Å²) in [7, 11) is 0. The molecule has 0 aliphatic carbocycles. The van der Waals surface area contributed by atoms with Crippen molar-refractivity contribution in [3.05, 3.63) is 99.3 Å². The summed E-state index contributed by atoms with van der Waals surface area (Å²) in [6.07, 6.45) is 2.00. The molecule has 6 heteroatoms. The molecule has 0 aliphatic rings. The molecule has 0 aromatic heterocycles. The standard InChI is InChI=1S/C26H22ClFN2O2/c1-3-32-25-14-19(8-9-20(25)11-18-5-4-6-23(28)13-18)12-21(16-29)26(31)30-24-15-22(27)10-7-17(24)2/h4-10,12-15H,3,11H2,1-2H3,(H,30,31)/b21-12+. The minimum atomic E-state index is -0.528. The molecular weight excluding hydrogens is 427 g/mol. The average molecular weight is 449 g/mol. The van der Waals surface area contributed by atoms with E-state index in [2.05, 4.69) is 5.32 Å². The van der Waals surface area contributed by atoms with Crippen LogP contribution in [0, 0.1) is 24.1 Å². The Bertz CT molecular complexity index is 1210. The second-order valence-corrected chi connectivity index (χ2v) is 7.63. The van der Waals surface area contributed by atoms with Crippen LogP contribution < -0.4 is 10.1 Å². The first kappa shape index (κ1) is 23.1. The summed E-state index contributed by atoms with van der Waals surface area (Å²) in [4.78, 5) is 12.7. The molecule has 0 saturated heterocycles. The van der Waals surface area contributed by atoms with Gasteiger partial charge in [0.2, 0.25) is 0 Å². The first-order valence-electron chi connectivity index (χ1n) is 10.1. The van der Waals surface area contributed by atoms with E-state index in [-0.39, 0.29) is 11.4 Å². The van der Waals surface area contributed by atoms with E-state index in [1.807, 2.05) is 32.0 Å². The van der Waals surface area contributed by atoms with Gasteiger partial charge in [-0.05, 0) is 72.5 Å². The van der Waals surface area contributed by atoms with E-state index in [0.717, 1.165) is 16.7 Å². The predicted molar refractivity (Wildman–Crippen MR) is 125 cm³/mol. The molecule has 0 fully saturated rings. The zero-order valence-electron chi connectivity index (χ0n) is 17.8. The molecule has 1 N–H and O–H groups in total. The molecule has 3 rings (SSSR count).